The Bertz CT molecular complexity index is 520. The smallest absolute Gasteiger partial charge is 0.289 e. The zero-order valence-electron chi connectivity index (χ0n) is 10.4. The lowest BCUT2D eigenvalue weighted by atomic mass is 10.1. The summed E-state index contributed by atoms with van der Waals surface area (Å²) in [5.74, 6) is 0.169. The second-order valence-corrected chi connectivity index (χ2v) is 4.23. The molecule has 0 atom stereocenters. The van der Waals surface area contributed by atoms with Crippen LogP contribution in [0.3, 0.4) is 0 Å². The van der Waals surface area contributed by atoms with Crippen molar-refractivity contribution in [1.29, 1.82) is 0 Å². The number of nitrogens with one attached hydrogen (secondary N) is 1. The van der Waals surface area contributed by atoms with Crippen molar-refractivity contribution in [2.75, 3.05) is 0 Å². The zero-order valence-corrected chi connectivity index (χ0v) is 10.4. The molecule has 0 saturated heterocycles. The van der Waals surface area contributed by atoms with E-state index in [4.69, 9.17) is 4.42 Å². The number of oxazole rings is 1. The first-order valence-corrected chi connectivity index (χ1v) is 5.80. The fourth-order valence-electron chi connectivity index (χ4n) is 1.59. The Labute approximate surface area is 105 Å². The summed E-state index contributed by atoms with van der Waals surface area (Å²) in [6.07, 6.45) is 2.99. The van der Waals surface area contributed by atoms with Gasteiger partial charge in [-0.15, -0.1) is 0 Å². The van der Waals surface area contributed by atoms with Gasteiger partial charge in [-0.2, -0.15) is 0 Å². The van der Waals surface area contributed by atoms with Crippen molar-refractivity contribution < 1.29 is 9.21 Å². The second-order valence-electron chi connectivity index (χ2n) is 4.23. The first-order chi connectivity index (χ1) is 8.68. The average Bonchev–Trinajstić information content (AvgIpc) is 2.86. The Kier molecular flexibility index (Phi) is 3.72. The van der Waals surface area contributed by atoms with E-state index >= 15 is 0 Å². The van der Waals surface area contributed by atoms with Gasteiger partial charge >= 0.3 is 0 Å². The molecule has 0 aliphatic rings. The number of carbonyl (C=O) groups excluding carboxylic acids is 1. The van der Waals surface area contributed by atoms with E-state index in [1.54, 1.807) is 6.20 Å². The van der Waals surface area contributed by atoms with Gasteiger partial charge in [-0.05, 0) is 18.1 Å². The highest BCUT2D eigenvalue weighted by atomic mass is 16.3. The van der Waals surface area contributed by atoms with Gasteiger partial charge in [0.1, 0.15) is 0 Å². The zero-order chi connectivity index (χ0) is 13.0. The Morgan fingerprint density at radius 2 is 2.22 bits per heavy atom. The van der Waals surface area contributed by atoms with Crippen LogP contribution in [0, 0.1) is 0 Å². The molecule has 1 amide bonds. The van der Waals surface area contributed by atoms with Gasteiger partial charge in [0.2, 0.25) is 5.76 Å². The van der Waals surface area contributed by atoms with E-state index in [1.807, 2.05) is 32.0 Å². The van der Waals surface area contributed by atoms with Crippen LogP contribution in [-0.4, -0.2) is 15.9 Å². The lowest BCUT2D eigenvalue weighted by molar-refractivity contribution is 0.0921. The maximum Gasteiger partial charge on any atom is 0.289 e. The molecule has 5 nitrogen and oxygen atoms in total. The van der Waals surface area contributed by atoms with Crippen LogP contribution in [0.5, 0.6) is 0 Å². The van der Waals surface area contributed by atoms with Gasteiger partial charge in [0.15, 0.2) is 6.39 Å². The van der Waals surface area contributed by atoms with Gasteiger partial charge in [-0.25, -0.2) is 4.98 Å². The highest BCUT2D eigenvalue weighted by molar-refractivity contribution is 5.92. The summed E-state index contributed by atoms with van der Waals surface area (Å²) in [7, 11) is 0. The minimum Gasteiger partial charge on any atom is -0.438 e. The monoisotopic (exact) mass is 245 g/mol. The molecular formula is C13H15N3O2. The fraction of sp³-hybridized carbons (Fsp3) is 0.308. The SMILES string of the molecule is CC(C)c1ncoc1C(=O)NCc1ccccn1. The number of aromatic nitrogens is 2. The van der Waals surface area contributed by atoms with Gasteiger partial charge < -0.3 is 9.73 Å². The van der Waals surface area contributed by atoms with Crippen LogP contribution in [0.2, 0.25) is 0 Å². The summed E-state index contributed by atoms with van der Waals surface area (Å²) in [5, 5.41) is 2.76. The molecule has 0 saturated carbocycles. The van der Waals surface area contributed by atoms with E-state index in [1.165, 1.54) is 6.39 Å². The van der Waals surface area contributed by atoms with Gasteiger partial charge in [-0.3, -0.25) is 9.78 Å². The molecule has 2 heterocycles. The second kappa shape index (κ2) is 5.44. The summed E-state index contributed by atoms with van der Waals surface area (Å²) in [6, 6.07) is 5.56. The van der Waals surface area contributed by atoms with Crippen LogP contribution in [0.4, 0.5) is 0 Å². The van der Waals surface area contributed by atoms with E-state index in [9.17, 15) is 4.79 Å². The normalized spacial score (nSPS) is 10.6. The summed E-state index contributed by atoms with van der Waals surface area (Å²) in [4.78, 5) is 20.1. The van der Waals surface area contributed by atoms with Gasteiger partial charge in [0.25, 0.3) is 5.91 Å². The molecule has 2 rings (SSSR count). The number of pyridine rings is 1. The lowest BCUT2D eigenvalue weighted by Gasteiger charge is -2.05. The van der Waals surface area contributed by atoms with Crippen molar-refractivity contribution in [1.82, 2.24) is 15.3 Å². The summed E-state index contributed by atoms with van der Waals surface area (Å²) < 4.78 is 5.13. The maximum atomic E-state index is 11.9. The highest BCUT2D eigenvalue weighted by Crippen LogP contribution is 2.17. The third-order valence-corrected chi connectivity index (χ3v) is 2.50. The van der Waals surface area contributed by atoms with E-state index in [0.717, 1.165) is 5.69 Å². The van der Waals surface area contributed by atoms with Crippen LogP contribution >= 0.6 is 0 Å². The molecule has 2 aromatic rings. The highest BCUT2D eigenvalue weighted by Gasteiger charge is 2.18. The predicted molar refractivity (Wildman–Crippen MR) is 66.0 cm³/mol. The molecular weight excluding hydrogens is 230 g/mol. The molecule has 0 unspecified atom stereocenters. The van der Waals surface area contributed by atoms with Crippen molar-refractivity contribution in [3.05, 3.63) is 47.9 Å². The van der Waals surface area contributed by atoms with Crippen LogP contribution in [0.1, 0.15) is 41.7 Å². The first-order valence-electron chi connectivity index (χ1n) is 5.80. The predicted octanol–water partition coefficient (Wildman–Crippen LogP) is 2.12. The van der Waals surface area contributed by atoms with Gasteiger partial charge in [0, 0.05) is 6.20 Å². The van der Waals surface area contributed by atoms with Gasteiger partial charge in [-0.1, -0.05) is 19.9 Å². The average molecular weight is 245 g/mol. The molecule has 0 aliphatic heterocycles. The third-order valence-electron chi connectivity index (χ3n) is 2.50. The maximum absolute atomic E-state index is 11.9. The molecule has 0 bridgehead atoms. The molecule has 0 fully saturated rings. The van der Waals surface area contributed by atoms with E-state index in [0.29, 0.717) is 12.2 Å². The van der Waals surface area contributed by atoms with Gasteiger partial charge in [0.05, 0.1) is 17.9 Å². The standard InChI is InChI=1S/C13H15N3O2/c1-9(2)11-12(18-8-16-11)13(17)15-7-10-5-3-4-6-14-10/h3-6,8-9H,7H2,1-2H3,(H,15,17). The molecule has 0 aliphatic carbocycles. The largest absolute Gasteiger partial charge is 0.438 e. The van der Waals surface area contributed by atoms with E-state index in [2.05, 4.69) is 15.3 Å². The molecule has 18 heavy (non-hydrogen) atoms. The first kappa shape index (κ1) is 12.3. The Morgan fingerprint density at radius 3 is 2.89 bits per heavy atom. The quantitative estimate of drug-likeness (QED) is 0.895. The molecule has 2 aromatic heterocycles. The number of amides is 1. The molecule has 94 valence electrons. The van der Waals surface area contributed by atoms with E-state index < -0.39 is 0 Å². The molecule has 0 aromatic carbocycles. The molecule has 0 spiro atoms. The van der Waals surface area contributed by atoms with E-state index in [-0.39, 0.29) is 17.6 Å². The Hall–Kier alpha value is -2.17. The van der Waals surface area contributed by atoms with Crippen LogP contribution in [-0.2, 0) is 6.54 Å². The van der Waals surface area contributed by atoms with Crippen molar-refractivity contribution in [3.63, 3.8) is 0 Å². The van der Waals surface area contributed by atoms with Crippen molar-refractivity contribution in [2.24, 2.45) is 0 Å². The lowest BCUT2D eigenvalue weighted by Crippen LogP contribution is -2.24. The number of hydrogen-bond acceptors (Lipinski definition) is 4. The Morgan fingerprint density at radius 1 is 1.39 bits per heavy atom. The van der Waals surface area contributed by atoms with Crippen molar-refractivity contribution in [2.45, 2.75) is 26.3 Å². The van der Waals surface area contributed by atoms with Crippen molar-refractivity contribution >= 4 is 5.91 Å². The summed E-state index contributed by atoms with van der Waals surface area (Å²) in [5.41, 5.74) is 1.48. The minimum absolute atomic E-state index is 0.152. The number of rotatable bonds is 4. The Balaban J connectivity index is 2.02. The molecule has 0 radical (unpaired) electrons. The number of nitrogens with zero attached hydrogens (tertiary/aromatic N) is 2. The minimum atomic E-state index is -0.262. The van der Waals surface area contributed by atoms with Crippen molar-refractivity contribution in [3.8, 4) is 0 Å². The summed E-state index contributed by atoms with van der Waals surface area (Å²) in [6.45, 7) is 4.30. The third kappa shape index (κ3) is 2.74. The van der Waals surface area contributed by atoms with Crippen LogP contribution < -0.4 is 5.32 Å². The number of carbonyl (C=O) groups is 1. The fourth-order valence-corrected chi connectivity index (χ4v) is 1.59. The van der Waals surface area contributed by atoms with Crippen LogP contribution in [0.15, 0.2) is 35.2 Å². The summed E-state index contributed by atoms with van der Waals surface area (Å²) >= 11 is 0. The molecule has 1 N–H and O–H groups in total. The number of hydrogen-bond donors (Lipinski definition) is 1. The molecule has 5 heteroatoms. The topological polar surface area (TPSA) is 68.0 Å². The van der Waals surface area contributed by atoms with Crippen LogP contribution in [0.25, 0.3) is 0 Å².